The van der Waals surface area contributed by atoms with Crippen molar-refractivity contribution < 1.29 is 45.4 Å². The average molecular weight is 589 g/mol. The largest absolute Gasteiger partial charge is 0.480 e. The molecule has 2 aromatic rings. The molecule has 1 aliphatic heterocycles. The SMILES string of the molecule is CS(=O)(=O)O.Cc1noc(C)c1S(=O)(=O)N[C@H](CNC(=O)C[C@H]1CC(c2ccc(C(=N)N)cc2)=NO1)C(=O)O. The number of hydrogen-bond acceptors (Lipinski definition) is 11. The number of hydrogen-bond donors (Lipinski definition) is 6. The molecule has 0 bridgehead atoms. The zero-order valence-corrected chi connectivity index (χ0v) is 22.7. The second-order valence-electron chi connectivity index (χ2n) is 8.37. The summed E-state index contributed by atoms with van der Waals surface area (Å²) in [4.78, 5) is 28.9. The van der Waals surface area contributed by atoms with Crippen LogP contribution in [0.5, 0.6) is 0 Å². The predicted octanol–water partition coefficient (Wildman–Crippen LogP) is -0.489. The Labute approximate surface area is 223 Å². The number of nitrogens with zero attached hydrogens (tertiary/aromatic N) is 2. The number of sulfonamides is 1. The Morgan fingerprint density at radius 2 is 1.79 bits per heavy atom. The standard InChI is InChI=1S/C20H24N6O7S.CH4O3S/c1-10-18(11(2)32-24-10)34(30,31)26-16(20(28)29)9-23-17(27)8-14-7-15(25-33-14)12-3-5-13(6-4-12)19(21)22;1-5(2,3)4/h3-6,14,16,26H,7-9H2,1-2H3,(H3,21,22)(H,23,27)(H,28,29);1H3,(H,2,3,4)/t14-,16-;/m1./s1. The number of nitrogen functional groups attached to an aromatic ring is 1. The summed E-state index contributed by atoms with van der Waals surface area (Å²) in [7, 11) is -7.91. The maximum Gasteiger partial charge on any atom is 0.323 e. The van der Waals surface area contributed by atoms with E-state index in [4.69, 9.17) is 25.1 Å². The van der Waals surface area contributed by atoms with Gasteiger partial charge in [0.2, 0.25) is 15.9 Å². The summed E-state index contributed by atoms with van der Waals surface area (Å²) < 4.78 is 57.9. The van der Waals surface area contributed by atoms with Crippen LogP contribution in [0.15, 0.2) is 38.8 Å². The Kier molecular flexibility index (Phi) is 10.3. The second kappa shape index (κ2) is 12.8. The summed E-state index contributed by atoms with van der Waals surface area (Å²) >= 11 is 0. The van der Waals surface area contributed by atoms with Crippen LogP contribution in [-0.4, -0.2) is 80.0 Å². The van der Waals surface area contributed by atoms with Gasteiger partial charge in [-0.2, -0.15) is 13.1 Å². The molecule has 0 spiro atoms. The van der Waals surface area contributed by atoms with Gasteiger partial charge in [0.15, 0.2) is 5.76 Å². The summed E-state index contributed by atoms with van der Waals surface area (Å²) in [5.41, 5.74) is 7.46. The van der Waals surface area contributed by atoms with Crippen molar-refractivity contribution in [2.75, 3.05) is 12.8 Å². The van der Waals surface area contributed by atoms with Gasteiger partial charge in [-0.3, -0.25) is 19.6 Å². The molecule has 1 aromatic heterocycles. The van der Waals surface area contributed by atoms with Crippen LogP contribution in [-0.2, 0) is 34.6 Å². The molecule has 2 heterocycles. The van der Waals surface area contributed by atoms with Gasteiger partial charge >= 0.3 is 5.97 Å². The van der Waals surface area contributed by atoms with Gasteiger partial charge in [-0.05, 0) is 19.4 Å². The number of oxime groups is 1. The average Bonchev–Trinajstić information content (AvgIpc) is 3.41. The summed E-state index contributed by atoms with van der Waals surface area (Å²) in [6.07, 6.45) is 0.382. The number of carboxylic acids is 1. The molecule has 1 amide bonds. The molecular weight excluding hydrogens is 560 g/mol. The van der Waals surface area contributed by atoms with Gasteiger partial charge in [-0.15, -0.1) is 0 Å². The van der Waals surface area contributed by atoms with E-state index in [2.05, 4.69) is 15.6 Å². The Hall–Kier alpha value is -3.87. The van der Waals surface area contributed by atoms with Crippen LogP contribution in [0.1, 0.15) is 35.4 Å². The topological polar surface area (TPSA) is 264 Å². The van der Waals surface area contributed by atoms with Crippen molar-refractivity contribution in [3.05, 3.63) is 46.8 Å². The molecule has 214 valence electrons. The van der Waals surface area contributed by atoms with E-state index in [1.54, 1.807) is 24.3 Å². The van der Waals surface area contributed by atoms with Crippen molar-refractivity contribution in [2.24, 2.45) is 10.9 Å². The number of amides is 1. The second-order valence-corrected chi connectivity index (χ2v) is 11.5. The molecule has 18 heteroatoms. The number of carbonyl (C=O) groups is 2. The molecule has 3 rings (SSSR count). The maximum atomic E-state index is 12.6. The van der Waals surface area contributed by atoms with Crippen LogP contribution in [0.2, 0.25) is 0 Å². The van der Waals surface area contributed by atoms with Crippen molar-refractivity contribution in [2.45, 2.75) is 43.7 Å². The number of nitrogens with one attached hydrogen (secondary N) is 3. The van der Waals surface area contributed by atoms with E-state index in [1.165, 1.54) is 13.8 Å². The fourth-order valence-corrected chi connectivity index (χ4v) is 4.85. The van der Waals surface area contributed by atoms with Crippen LogP contribution in [0, 0.1) is 19.3 Å². The van der Waals surface area contributed by atoms with Gasteiger partial charge in [0.05, 0.1) is 18.4 Å². The lowest BCUT2D eigenvalue weighted by atomic mass is 10.0. The van der Waals surface area contributed by atoms with Crippen molar-refractivity contribution >= 4 is 43.6 Å². The summed E-state index contributed by atoms with van der Waals surface area (Å²) in [5.74, 6) is -2.04. The molecule has 2 atom stereocenters. The minimum atomic E-state index is -4.24. The quantitative estimate of drug-likeness (QED) is 0.117. The van der Waals surface area contributed by atoms with Gasteiger partial charge in [-0.25, -0.2) is 8.42 Å². The van der Waals surface area contributed by atoms with Gasteiger partial charge in [0, 0.05) is 18.5 Å². The molecular formula is C21H28N6O10S2. The van der Waals surface area contributed by atoms with E-state index in [0.29, 0.717) is 24.0 Å². The summed E-state index contributed by atoms with van der Waals surface area (Å²) in [6, 6.07) is 5.22. The normalized spacial score (nSPS) is 15.8. The molecule has 1 aromatic carbocycles. The zero-order chi connectivity index (χ0) is 29.5. The van der Waals surface area contributed by atoms with E-state index in [9.17, 15) is 31.5 Å². The first-order valence-corrected chi connectivity index (χ1v) is 14.4. The fourth-order valence-electron chi connectivity index (χ4n) is 3.33. The molecule has 0 fully saturated rings. The highest BCUT2D eigenvalue weighted by Crippen LogP contribution is 2.20. The van der Waals surface area contributed by atoms with E-state index >= 15 is 0 Å². The monoisotopic (exact) mass is 588 g/mol. The lowest BCUT2D eigenvalue weighted by Gasteiger charge is -2.16. The minimum Gasteiger partial charge on any atom is -0.480 e. The highest BCUT2D eigenvalue weighted by atomic mass is 32.2. The number of aliphatic carboxylic acids is 1. The molecule has 39 heavy (non-hydrogen) atoms. The number of rotatable bonds is 10. The Morgan fingerprint density at radius 1 is 1.21 bits per heavy atom. The van der Waals surface area contributed by atoms with Crippen LogP contribution >= 0.6 is 0 Å². The molecule has 16 nitrogen and oxygen atoms in total. The number of benzene rings is 1. The Bertz CT molecular complexity index is 1440. The molecule has 0 saturated heterocycles. The van der Waals surface area contributed by atoms with Crippen molar-refractivity contribution in [3.8, 4) is 0 Å². The minimum absolute atomic E-state index is 0.0169. The van der Waals surface area contributed by atoms with Crippen LogP contribution < -0.4 is 15.8 Å². The predicted molar refractivity (Wildman–Crippen MR) is 136 cm³/mol. The van der Waals surface area contributed by atoms with Crippen LogP contribution in [0.25, 0.3) is 0 Å². The van der Waals surface area contributed by atoms with Crippen molar-refractivity contribution in [1.82, 2.24) is 15.2 Å². The lowest BCUT2D eigenvalue weighted by molar-refractivity contribution is -0.139. The van der Waals surface area contributed by atoms with Crippen molar-refractivity contribution in [1.29, 1.82) is 5.41 Å². The van der Waals surface area contributed by atoms with Gasteiger partial charge in [-0.1, -0.05) is 34.6 Å². The first kappa shape index (κ1) is 31.3. The maximum absolute atomic E-state index is 12.6. The third-order valence-electron chi connectivity index (χ3n) is 5.01. The zero-order valence-electron chi connectivity index (χ0n) is 21.0. The smallest absolute Gasteiger partial charge is 0.323 e. The van der Waals surface area contributed by atoms with E-state index in [0.717, 1.165) is 5.56 Å². The third-order valence-corrected chi connectivity index (χ3v) is 6.73. The molecule has 0 unspecified atom stereocenters. The summed E-state index contributed by atoms with van der Waals surface area (Å²) in [6.45, 7) is 2.32. The molecule has 0 radical (unpaired) electrons. The molecule has 7 N–H and O–H groups in total. The van der Waals surface area contributed by atoms with Gasteiger partial charge in [0.1, 0.15) is 28.6 Å². The van der Waals surface area contributed by atoms with Crippen molar-refractivity contribution in [3.63, 3.8) is 0 Å². The first-order chi connectivity index (χ1) is 18.0. The Morgan fingerprint density at radius 3 is 2.28 bits per heavy atom. The molecule has 0 aliphatic carbocycles. The van der Waals surface area contributed by atoms with Gasteiger partial charge < -0.3 is 25.5 Å². The van der Waals surface area contributed by atoms with Crippen LogP contribution in [0.3, 0.4) is 0 Å². The highest BCUT2D eigenvalue weighted by molar-refractivity contribution is 7.89. The number of aromatic nitrogens is 1. The van der Waals surface area contributed by atoms with E-state index in [1.807, 2.05) is 4.72 Å². The number of carboxylic acid groups (broad SMARTS) is 1. The van der Waals surface area contributed by atoms with E-state index in [-0.39, 0.29) is 28.6 Å². The van der Waals surface area contributed by atoms with E-state index < -0.39 is 50.7 Å². The van der Waals surface area contributed by atoms with Crippen LogP contribution in [0.4, 0.5) is 0 Å². The number of aryl methyl sites for hydroxylation is 2. The Balaban J connectivity index is 0.000000976. The summed E-state index contributed by atoms with van der Waals surface area (Å²) in [5, 5.41) is 26.8. The lowest BCUT2D eigenvalue weighted by Crippen LogP contribution is -2.48. The third kappa shape index (κ3) is 9.74. The number of amidine groups is 1. The van der Waals surface area contributed by atoms with Gasteiger partial charge in [0.25, 0.3) is 10.1 Å². The number of carbonyl (C=O) groups excluding carboxylic acids is 1. The number of nitrogens with two attached hydrogens (primary N) is 1. The highest BCUT2D eigenvalue weighted by Gasteiger charge is 2.31. The molecule has 1 aliphatic rings. The fraction of sp³-hybridized carbons (Fsp3) is 0.381. The molecule has 0 saturated carbocycles. The first-order valence-electron chi connectivity index (χ1n) is 11.0.